The van der Waals surface area contributed by atoms with Crippen LogP contribution in [0.1, 0.15) is 40.3 Å². The molecular weight excluding hydrogens is 511 g/mol. The van der Waals surface area contributed by atoms with Crippen LogP contribution in [-0.4, -0.2) is 41.3 Å². The first kappa shape index (κ1) is 26.9. The number of methoxy groups -OCH3 is 1. The predicted molar refractivity (Wildman–Crippen MR) is 138 cm³/mol. The number of aryl methyl sites for hydroxylation is 1. The van der Waals surface area contributed by atoms with Gasteiger partial charge in [-0.05, 0) is 50.6 Å². The molecule has 10 heteroatoms. The van der Waals surface area contributed by atoms with Gasteiger partial charge in [0.25, 0.3) is 5.91 Å². The summed E-state index contributed by atoms with van der Waals surface area (Å²) in [6.07, 6.45) is -1.00. The van der Waals surface area contributed by atoms with E-state index in [2.05, 4.69) is 10.3 Å². The zero-order chi connectivity index (χ0) is 25.7. The number of ether oxygens (including phenoxy) is 2. The molecule has 186 valence electrons. The smallest absolute Gasteiger partial charge is 0.333 e. The second-order valence-corrected chi connectivity index (χ2v) is 10.2. The number of carboxylic acid groups (broad SMARTS) is 1. The van der Waals surface area contributed by atoms with Gasteiger partial charge >= 0.3 is 5.97 Å². The molecule has 1 amide bonds. The van der Waals surface area contributed by atoms with Gasteiger partial charge in [-0.3, -0.25) is 4.79 Å². The van der Waals surface area contributed by atoms with Crippen LogP contribution in [0.15, 0.2) is 36.4 Å². The fourth-order valence-electron chi connectivity index (χ4n) is 3.50. The molecule has 3 rings (SSSR count). The van der Waals surface area contributed by atoms with Crippen molar-refractivity contribution in [2.75, 3.05) is 7.11 Å². The molecule has 3 aromatic rings. The molecule has 1 heterocycles. The minimum atomic E-state index is -1.03. The van der Waals surface area contributed by atoms with Crippen LogP contribution in [0.2, 0.25) is 10.0 Å². The molecule has 0 aliphatic rings. The summed E-state index contributed by atoms with van der Waals surface area (Å²) >= 11 is 13.6. The third kappa shape index (κ3) is 7.18. The van der Waals surface area contributed by atoms with E-state index < -0.39 is 12.1 Å². The molecule has 1 unspecified atom stereocenters. The van der Waals surface area contributed by atoms with Crippen LogP contribution >= 0.6 is 34.5 Å². The van der Waals surface area contributed by atoms with Crippen molar-refractivity contribution in [3.8, 4) is 16.3 Å². The fraction of sp³-hybridized carbons (Fsp3) is 0.320. The Bertz CT molecular complexity index is 1210. The summed E-state index contributed by atoms with van der Waals surface area (Å²) in [4.78, 5) is 29.7. The van der Waals surface area contributed by atoms with E-state index in [0.717, 1.165) is 16.0 Å². The van der Waals surface area contributed by atoms with E-state index in [1.165, 1.54) is 18.4 Å². The summed E-state index contributed by atoms with van der Waals surface area (Å²) in [6.45, 7) is 5.58. The molecule has 0 fully saturated rings. The Morgan fingerprint density at radius 1 is 1.14 bits per heavy atom. The summed E-state index contributed by atoms with van der Waals surface area (Å²) in [5, 5.41) is 14.0. The summed E-state index contributed by atoms with van der Waals surface area (Å²) in [5.74, 6) is -0.785. The van der Waals surface area contributed by atoms with Crippen LogP contribution < -0.4 is 10.1 Å². The van der Waals surface area contributed by atoms with Crippen molar-refractivity contribution >= 4 is 46.4 Å². The highest BCUT2D eigenvalue weighted by molar-refractivity contribution is 7.15. The molecule has 35 heavy (non-hydrogen) atoms. The number of thiazole rings is 1. The van der Waals surface area contributed by atoms with Crippen molar-refractivity contribution in [2.45, 2.75) is 45.9 Å². The van der Waals surface area contributed by atoms with Crippen LogP contribution in [-0.2, 0) is 22.5 Å². The minimum Gasteiger partial charge on any atom is -0.496 e. The van der Waals surface area contributed by atoms with Gasteiger partial charge in [0, 0.05) is 39.0 Å². The maximum Gasteiger partial charge on any atom is 0.333 e. The van der Waals surface area contributed by atoms with E-state index >= 15 is 0 Å². The Balaban J connectivity index is 1.76. The molecule has 0 spiro atoms. The molecule has 7 nitrogen and oxygen atoms in total. The number of carbonyl (C=O) groups is 2. The van der Waals surface area contributed by atoms with Crippen molar-refractivity contribution in [3.05, 3.63) is 68.1 Å². The monoisotopic (exact) mass is 536 g/mol. The lowest BCUT2D eigenvalue weighted by atomic mass is 10.0. The number of amides is 1. The van der Waals surface area contributed by atoms with Crippen LogP contribution in [0.5, 0.6) is 5.75 Å². The zero-order valence-corrected chi connectivity index (χ0v) is 22.1. The van der Waals surface area contributed by atoms with E-state index in [1.54, 1.807) is 44.2 Å². The average molecular weight is 537 g/mol. The van der Waals surface area contributed by atoms with Crippen molar-refractivity contribution in [2.24, 2.45) is 0 Å². The number of hydrogen-bond acceptors (Lipinski definition) is 6. The first-order valence-electron chi connectivity index (χ1n) is 10.8. The number of nitrogens with zero attached hydrogens (tertiary/aromatic N) is 1. The summed E-state index contributed by atoms with van der Waals surface area (Å²) in [6, 6.07) is 10.5. The SMILES string of the molecule is COc1ccc(CC(OC(C)C)C(=O)O)cc1CNC(=O)c1nc(-c2cc(Cl)cc(Cl)c2)sc1C. The van der Waals surface area contributed by atoms with Gasteiger partial charge in [-0.25, -0.2) is 9.78 Å². The van der Waals surface area contributed by atoms with E-state index in [-0.39, 0.29) is 25.0 Å². The van der Waals surface area contributed by atoms with Crippen molar-refractivity contribution in [1.82, 2.24) is 10.3 Å². The summed E-state index contributed by atoms with van der Waals surface area (Å²) < 4.78 is 10.9. The standard InChI is InChI=1S/C25H26Cl2N2O5S/c1-13(2)34-21(25(31)32)8-15-5-6-20(33-4)17(7-15)12-28-23(30)22-14(3)35-24(29-22)16-9-18(26)11-19(27)10-16/h5-7,9-11,13,21H,8,12H2,1-4H3,(H,28,30)(H,31,32). The van der Waals surface area contributed by atoms with Crippen LogP contribution in [0, 0.1) is 6.92 Å². The highest BCUT2D eigenvalue weighted by Crippen LogP contribution is 2.32. The molecule has 0 saturated heterocycles. The van der Waals surface area contributed by atoms with Gasteiger partial charge in [-0.15, -0.1) is 11.3 Å². The quantitative estimate of drug-likeness (QED) is 0.340. The van der Waals surface area contributed by atoms with Crippen molar-refractivity contribution in [1.29, 1.82) is 0 Å². The third-order valence-corrected chi connectivity index (χ3v) is 6.49. The fourth-order valence-corrected chi connectivity index (χ4v) is 4.92. The van der Waals surface area contributed by atoms with Crippen LogP contribution in [0.3, 0.4) is 0 Å². The number of rotatable bonds is 10. The minimum absolute atomic E-state index is 0.175. The van der Waals surface area contributed by atoms with E-state index in [4.69, 9.17) is 32.7 Å². The second-order valence-electron chi connectivity index (χ2n) is 8.13. The average Bonchev–Trinajstić information content (AvgIpc) is 3.18. The van der Waals surface area contributed by atoms with Gasteiger partial charge in [-0.2, -0.15) is 0 Å². The maximum atomic E-state index is 12.9. The number of benzene rings is 2. The predicted octanol–water partition coefficient (Wildman–Crippen LogP) is 5.78. The number of carbonyl (C=O) groups excluding carboxylic acids is 1. The summed E-state index contributed by atoms with van der Waals surface area (Å²) in [5.41, 5.74) is 2.52. The van der Waals surface area contributed by atoms with Gasteiger partial charge in [-0.1, -0.05) is 35.3 Å². The Labute approximate surface area is 218 Å². The number of nitrogens with one attached hydrogen (secondary N) is 1. The Morgan fingerprint density at radius 2 is 1.83 bits per heavy atom. The first-order chi connectivity index (χ1) is 16.6. The lowest BCUT2D eigenvalue weighted by Crippen LogP contribution is -2.29. The maximum absolute atomic E-state index is 12.9. The Hall–Kier alpha value is -2.65. The topological polar surface area (TPSA) is 97.8 Å². The highest BCUT2D eigenvalue weighted by atomic mass is 35.5. The van der Waals surface area contributed by atoms with Gasteiger partial charge in [0.15, 0.2) is 6.10 Å². The van der Waals surface area contributed by atoms with Gasteiger partial charge in [0.1, 0.15) is 16.5 Å². The number of aromatic nitrogens is 1. The molecule has 1 aromatic heterocycles. The van der Waals surface area contributed by atoms with Crippen LogP contribution in [0.4, 0.5) is 0 Å². The largest absolute Gasteiger partial charge is 0.496 e. The van der Waals surface area contributed by atoms with E-state index in [9.17, 15) is 14.7 Å². The second kappa shape index (κ2) is 11.9. The third-order valence-electron chi connectivity index (χ3n) is 5.04. The molecule has 0 bridgehead atoms. The van der Waals surface area contributed by atoms with Crippen molar-refractivity contribution in [3.63, 3.8) is 0 Å². The lowest BCUT2D eigenvalue weighted by Gasteiger charge is -2.18. The molecule has 0 aliphatic carbocycles. The number of aliphatic carboxylic acids is 1. The molecule has 2 aromatic carbocycles. The molecule has 2 N–H and O–H groups in total. The summed E-state index contributed by atoms with van der Waals surface area (Å²) in [7, 11) is 1.54. The molecule has 1 atom stereocenters. The number of carboxylic acids is 1. The Morgan fingerprint density at radius 3 is 2.43 bits per heavy atom. The first-order valence-corrected chi connectivity index (χ1v) is 12.4. The number of halogens is 2. The normalized spacial score (nSPS) is 12.0. The van der Waals surface area contributed by atoms with Gasteiger partial charge in [0.05, 0.1) is 13.2 Å². The highest BCUT2D eigenvalue weighted by Gasteiger charge is 2.21. The zero-order valence-electron chi connectivity index (χ0n) is 19.7. The molecular formula is C25H26Cl2N2O5S. The molecule has 0 saturated carbocycles. The van der Waals surface area contributed by atoms with Gasteiger partial charge < -0.3 is 19.9 Å². The molecule has 0 aliphatic heterocycles. The van der Waals surface area contributed by atoms with Crippen LogP contribution in [0.25, 0.3) is 10.6 Å². The molecule has 0 radical (unpaired) electrons. The lowest BCUT2D eigenvalue weighted by molar-refractivity contribution is -0.153. The van der Waals surface area contributed by atoms with E-state index in [1.807, 2.05) is 13.0 Å². The van der Waals surface area contributed by atoms with Crippen molar-refractivity contribution < 1.29 is 24.2 Å². The number of hydrogen-bond donors (Lipinski definition) is 2. The van der Waals surface area contributed by atoms with E-state index in [0.29, 0.717) is 32.1 Å². The Kier molecular flexibility index (Phi) is 9.13. The van der Waals surface area contributed by atoms with Gasteiger partial charge in [0.2, 0.25) is 0 Å².